The Morgan fingerprint density at radius 2 is 1.06 bits per heavy atom. The maximum atomic E-state index is 6.26. The predicted octanol–water partition coefficient (Wildman–Crippen LogP) is 9.88. The first kappa shape index (κ1) is 20.5. The van der Waals surface area contributed by atoms with E-state index in [-0.39, 0.29) is 0 Å². The van der Waals surface area contributed by atoms with Crippen LogP contribution in [0.1, 0.15) is 0 Å². The van der Waals surface area contributed by atoms with Gasteiger partial charge in [-0.1, -0.05) is 97.1 Å². The summed E-state index contributed by atoms with van der Waals surface area (Å²) >= 11 is 0. The van der Waals surface area contributed by atoms with Gasteiger partial charge in [0.2, 0.25) is 0 Å². The van der Waals surface area contributed by atoms with Crippen LogP contribution in [0.5, 0.6) is 0 Å². The van der Waals surface area contributed by atoms with Gasteiger partial charge >= 0.3 is 0 Å². The molecule has 0 bridgehead atoms. The Bertz CT molecular complexity index is 1790. The molecule has 0 fully saturated rings. The van der Waals surface area contributed by atoms with Gasteiger partial charge in [-0.25, -0.2) is 0 Å². The van der Waals surface area contributed by atoms with E-state index in [0.29, 0.717) is 0 Å². The number of hydrogen-bond donors (Lipinski definition) is 0. The van der Waals surface area contributed by atoms with Crippen molar-refractivity contribution in [1.82, 2.24) is 0 Å². The lowest BCUT2D eigenvalue weighted by molar-refractivity contribution is 0.669. The Morgan fingerprint density at radius 1 is 0.417 bits per heavy atom. The Labute approximate surface area is 209 Å². The maximum absolute atomic E-state index is 6.26. The highest BCUT2D eigenvalue weighted by atomic mass is 16.3. The van der Waals surface area contributed by atoms with Crippen molar-refractivity contribution in [2.45, 2.75) is 0 Å². The molecule has 7 aromatic rings. The van der Waals surface area contributed by atoms with Gasteiger partial charge in [-0.15, -0.1) is 0 Å². The van der Waals surface area contributed by atoms with Crippen molar-refractivity contribution in [1.29, 1.82) is 0 Å². The smallest absolute Gasteiger partial charge is 0.136 e. The van der Waals surface area contributed by atoms with Crippen LogP contribution in [0, 0.1) is 0 Å². The van der Waals surface area contributed by atoms with E-state index in [4.69, 9.17) is 4.42 Å². The van der Waals surface area contributed by atoms with Crippen molar-refractivity contribution in [3.8, 4) is 11.1 Å². The van der Waals surface area contributed by atoms with E-state index < -0.39 is 0 Å². The topological polar surface area (TPSA) is 16.4 Å². The number of fused-ring (bicyclic) bond motifs is 5. The Hall–Kier alpha value is -4.82. The van der Waals surface area contributed by atoms with Gasteiger partial charge in [0.15, 0.2) is 0 Å². The third kappa shape index (κ3) is 3.27. The van der Waals surface area contributed by atoms with Gasteiger partial charge in [0.05, 0.1) is 5.69 Å². The highest BCUT2D eigenvalue weighted by Crippen LogP contribution is 2.45. The second-order valence-corrected chi connectivity index (χ2v) is 8.96. The highest BCUT2D eigenvalue weighted by Gasteiger charge is 2.19. The van der Waals surface area contributed by atoms with Crippen molar-refractivity contribution in [3.05, 3.63) is 140 Å². The van der Waals surface area contributed by atoms with Crippen LogP contribution in [0.2, 0.25) is 0 Å². The summed E-state index contributed by atoms with van der Waals surface area (Å²) in [5.74, 6) is 0. The van der Waals surface area contributed by atoms with E-state index in [1.165, 1.54) is 27.3 Å². The number of nitrogens with zero attached hydrogens (tertiary/aromatic N) is 1. The molecule has 0 saturated carbocycles. The first-order valence-corrected chi connectivity index (χ1v) is 12.2. The molecule has 0 saturated heterocycles. The molecule has 36 heavy (non-hydrogen) atoms. The van der Waals surface area contributed by atoms with Crippen LogP contribution >= 0.6 is 0 Å². The molecule has 0 atom stereocenters. The fraction of sp³-hybridized carbons (Fsp3) is 0. The molecule has 0 spiro atoms. The third-order valence-electron chi connectivity index (χ3n) is 6.85. The zero-order valence-corrected chi connectivity index (χ0v) is 19.6. The van der Waals surface area contributed by atoms with Gasteiger partial charge in [0, 0.05) is 33.1 Å². The summed E-state index contributed by atoms with van der Waals surface area (Å²) in [6.45, 7) is 0. The number of anilines is 3. The summed E-state index contributed by atoms with van der Waals surface area (Å²) in [6.07, 6.45) is 0. The van der Waals surface area contributed by atoms with Crippen molar-refractivity contribution < 1.29 is 4.42 Å². The second-order valence-electron chi connectivity index (χ2n) is 8.96. The van der Waals surface area contributed by atoms with Gasteiger partial charge in [0.25, 0.3) is 0 Å². The zero-order valence-electron chi connectivity index (χ0n) is 19.6. The molecule has 0 aliphatic heterocycles. The van der Waals surface area contributed by atoms with E-state index in [0.717, 1.165) is 33.6 Å². The summed E-state index contributed by atoms with van der Waals surface area (Å²) < 4.78 is 6.26. The van der Waals surface area contributed by atoms with Crippen LogP contribution in [0.15, 0.2) is 144 Å². The lowest BCUT2D eigenvalue weighted by Crippen LogP contribution is -2.11. The minimum absolute atomic E-state index is 0.914. The maximum Gasteiger partial charge on any atom is 0.136 e. The third-order valence-corrected chi connectivity index (χ3v) is 6.85. The van der Waals surface area contributed by atoms with Gasteiger partial charge in [-0.2, -0.15) is 0 Å². The molecule has 0 amide bonds. The van der Waals surface area contributed by atoms with Crippen LogP contribution in [0.3, 0.4) is 0 Å². The van der Waals surface area contributed by atoms with Crippen molar-refractivity contribution >= 4 is 49.8 Å². The van der Waals surface area contributed by atoms with E-state index in [1.807, 2.05) is 12.1 Å². The van der Waals surface area contributed by atoms with Crippen molar-refractivity contribution in [2.75, 3.05) is 4.90 Å². The Morgan fingerprint density at radius 3 is 1.83 bits per heavy atom. The second kappa shape index (κ2) is 8.44. The zero-order chi connectivity index (χ0) is 23.9. The van der Waals surface area contributed by atoms with Crippen molar-refractivity contribution in [3.63, 3.8) is 0 Å². The molecule has 6 aromatic carbocycles. The van der Waals surface area contributed by atoms with Crippen LogP contribution in [0.4, 0.5) is 17.1 Å². The minimum atomic E-state index is 0.914. The predicted molar refractivity (Wildman–Crippen MR) is 151 cm³/mol. The molecule has 2 heteroatoms. The normalized spacial score (nSPS) is 11.3. The molecule has 7 rings (SSSR count). The summed E-state index contributed by atoms with van der Waals surface area (Å²) in [7, 11) is 0. The fourth-order valence-corrected chi connectivity index (χ4v) is 5.30. The van der Waals surface area contributed by atoms with Crippen LogP contribution in [0.25, 0.3) is 43.8 Å². The minimum Gasteiger partial charge on any atom is -0.456 e. The quantitative estimate of drug-likeness (QED) is 0.259. The Kier molecular flexibility index (Phi) is 4.82. The van der Waals surface area contributed by atoms with Crippen molar-refractivity contribution in [2.24, 2.45) is 0 Å². The molecule has 0 aliphatic carbocycles. The average molecular weight is 462 g/mol. The SMILES string of the molecule is c1ccc(N(c2ccccc2)c2ccccc2-c2cccc3ccc4oc5ccccc5c4c23)cc1. The largest absolute Gasteiger partial charge is 0.456 e. The number of furan rings is 1. The van der Waals surface area contributed by atoms with E-state index in [9.17, 15) is 0 Å². The molecule has 2 nitrogen and oxygen atoms in total. The number of rotatable bonds is 4. The molecule has 0 radical (unpaired) electrons. The van der Waals surface area contributed by atoms with Gasteiger partial charge in [-0.3, -0.25) is 0 Å². The summed E-state index contributed by atoms with van der Waals surface area (Å²) in [4.78, 5) is 2.34. The van der Waals surface area contributed by atoms with E-state index >= 15 is 0 Å². The Balaban J connectivity index is 1.56. The molecule has 0 unspecified atom stereocenters. The molecular weight excluding hydrogens is 438 g/mol. The van der Waals surface area contributed by atoms with Crippen LogP contribution < -0.4 is 4.90 Å². The van der Waals surface area contributed by atoms with Gasteiger partial charge in [-0.05, 0) is 53.4 Å². The molecule has 1 heterocycles. The van der Waals surface area contributed by atoms with Gasteiger partial charge in [0.1, 0.15) is 11.2 Å². The number of para-hydroxylation sites is 4. The fourth-order valence-electron chi connectivity index (χ4n) is 5.30. The summed E-state index contributed by atoms with van der Waals surface area (Å²) in [6, 6.07) is 48.9. The molecule has 170 valence electrons. The molecule has 0 N–H and O–H groups in total. The first-order valence-electron chi connectivity index (χ1n) is 12.2. The standard InChI is InChI=1S/C34H23NO/c1-3-13-25(14-4-1)35(26-15-5-2-6-16-26)30-20-9-7-17-27(30)28-19-11-12-24-22-23-32-34(33(24)28)29-18-8-10-21-31(29)36-32/h1-23H. The van der Waals surface area contributed by atoms with Gasteiger partial charge < -0.3 is 9.32 Å². The number of hydrogen-bond acceptors (Lipinski definition) is 2. The lowest BCUT2D eigenvalue weighted by atomic mass is 9.93. The van der Waals surface area contributed by atoms with E-state index in [1.54, 1.807) is 0 Å². The first-order chi connectivity index (χ1) is 17.9. The summed E-state index contributed by atoms with van der Waals surface area (Å²) in [5.41, 5.74) is 7.57. The van der Waals surface area contributed by atoms with E-state index in [2.05, 4.69) is 132 Å². The highest BCUT2D eigenvalue weighted by molar-refractivity contribution is 6.23. The molecule has 0 aliphatic rings. The monoisotopic (exact) mass is 461 g/mol. The molecule has 1 aromatic heterocycles. The number of benzene rings is 6. The molecular formula is C34H23NO. The lowest BCUT2D eigenvalue weighted by Gasteiger charge is -2.28. The average Bonchev–Trinajstić information content (AvgIpc) is 3.33. The summed E-state index contributed by atoms with van der Waals surface area (Å²) in [5, 5.41) is 4.73. The van der Waals surface area contributed by atoms with Crippen LogP contribution in [-0.4, -0.2) is 0 Å². The van der Waals surface area contributed by atoms with Crippen LogP contribution in [-0.2, 0) is 0 Å².